The third-order valence-electron chi connectivity index (χ3n) is 5.94. The van der Waals surface area contributed by atoms with Gasteiger partial charge in [0.1, 0.15) is 0 Å². The van der Waals surface area contributed by atoms with Crippen molar-refractivity contribution in [3.8, 4) is 0 Å². The van der Waals surface area contributed by atoms with Crippen molar-refractivity contribution < 1.29 is 4.74 Å². The van der Waals surface area contributed by atoms with Crippen molar-refractivity contribution in [3.63, 3.8) is 0 Å². The van der Waals surface area contributed by atoms with Crippen LogP contribution in [-0.4, -0.2) is 26.8 Å². The van der Waals surface area contributed by atoms with E-state index >= 15 is 0 Å². The van der Waals surface area contributed by atoms with Crippen LogP contribution in [-0.2, 0) is 4.74 Å². The average Bonchev–Trinajstić information content (AvgIpc) is 2.55. The summed E-state index contributed by atoms with van der Waals surface area (Å²) in [6.45, 7) is 12.9. The molecule has 0 aromatic heterocycles. The van der Waals surface area contributed by atoms with E-state index in [1.54, 1.807) is 7.11 Å². The molecule has 100 valence electrons. The van der Waals surface area contributed by atoms with Gasteiger partial charge in [-0.25, -0.2) is 0 Å². The van der Waals surface area contributed by atoms with Gasteiger partial charge in [-0.3, -0.25) is 0 Å². The summed E-state index contributed by atoms with van der Waals surface area (Å²) >= 11 is 0. The molecule has 0 aliphatic heterocycles. The molecule has 2 unspecified atom stereocenters. The second kappa shape index (κ2) is 4.24. The largest absolute Gasteiger partial charge is 0.383 e. The Kier molecular flexibility index (Phi) is 3.33. The maximum Gasteiger partial charge on any atom is 0.0587 e. The van der Waals surface area contributed by atoms with Crippen molar-refractivity contribution in [1.82, 2.24) is 5.32 Å². The zero-order chi connectivity index (χ0) is 12.7. The molecule has 17 heavy (non-hydrogen) atoms. The van der Waals surface area contributed by atoms with E-state index in [0.29, 0.717) is 16.2 Å². The minimum atomic E-state index is 0.521. The normalized spacial score (nSPS) is 37.6. The van der Waals surface area contributed by atoms with Crippen molar-refractivity contribution >= 4 is 0 Å². The molecule has 2 atom stereocenters. The highest BCUT2D eigenvalue weighted by molar-refractivity contribution is 5.24. The Bertz CT molecular complexity index is 285. The molecule has 2 heteroatoms. The lowest BCUT2D eigenvalue weighted by atomic mass is 9.74. The van der Waals surface area contributed by atoms with E-state index in [0.717, 1.165) is 19.1 Å². The SMILES string of the molecule is COCCNCC1C(C)(C)C12CCCC2(C)C. The predicted octanol–water partition coefficient (Wildman–Crippen LogP) is 3.07. The first-order valence-electron chi connectivity index (χ1n) is 7.10. The van der Waals surface area contributed by atoms with E-state index in [4.69, 9.17) is 4.74 Å². The highest BCUT2D eigenvalue weighted by Gasteiger charge is 2.76. The van der Waals surface area contributed by atoms with Gasteiger partial charge in [0.25, 0.3) is 0 Å². The van der Waals surface area contributed by atoms with Gasteiger partial charge in [-0.2, -0.15) is 0 Å². The molecule has 2 fully saturated rings. The zero-order valence-corrected chi connectivity index (χ0v) is 12.2. The first kappa shape index (κ1) is 13.4. The van der Waals surface area contributed by atoms with Crippen molar-refractivity contribution in [2.45, 2.75) is 47.0 Å². The number of methoxy groups -OCH3 is 1. The summed E-state index contributed by atoms with van der Waals surface area (Å²) in [5.41, 5.74) is 1.65. The molecule has 0 amide bonds. The highest BCUT2D eigenvalue weighted by atomic mass is 16.5. The van der Waals surface area contributed by atoms with Crippen LogP contribution in [0.15, 0.2) is 0 Å². The lowest BCUT2D eigenvalue weighted by Crippen LogP contribution is -2.27. The number of nitrogens with one attached hydrogen (secondary N) is 1. The summed E-state index contributed by atoms with van der Waals surface area (Å²) < 4.78 is 5.09. The zero-order valence-electron chi connectivity index (χ0n) is 12.2. The van der Waals surface area contributed by atoms with Gasteiger partial charge in [-0.15, -0.1) is 0 Å². The van der Waals surface area contributed by atoms with Gasteiger partial charge in [0.2, 0.25) is 0 Å². The lowest BCUT2D eigenvalue weighted by Gasteiger charge is -2.31. The summed E-state index contributed by atoms with van der Waals surface area (Å²) in [5, 5.41) is 3.57. The Labute approximate surface area is 107 Å². The van der Waals surface area contributed by atoms with Crippen LogP contribution >= 0.6 is 0 Å². The van der Waals surface area contributed by atoms with E-state index in [9.17, 15) is 0 Å². The molecule has 0 heterocycles. The Morgan fingerprint density at radius 1 is 1.18 bits per heavy atom. The maximum absolute atomic E-state index is 5.09. The monoisotopic (exact) mass is 239 g/mol. The second-order valence-corrected chi connectivity index (χ2v) is 7.18. The average molecular weight is 239 g/mol. The van der Waals surface area contributed by atoms with Gasteiger partial charge >= 0.3 is 0 Å². The molecule has 1 N–H and O–H groups in total. The van der Waals surface area contributed by atoms with Crippen LogP contribution in [0.2, 0.25) is 0 Å². The van der Waals surface area contributed by atoms with Crippen molar-refractivity contribution in [2.75, 3.05) is 26.8 Å². The van der Waals surface area contributed by atoms with Gasteiger partial charge in [-0.05, 0) is 41.5 Å². The molecule has 0 aromatic rings. The van der Waals surface area contributed by atoms with E-state index in [2.05, 4.69) is 33.0 Å². The standard InChI is InChI=1S/C15H29NO/c1-13(2)7-6-8-15(13)12(14(15,3)4)11-16-9-10-17-5/h12,16H,6-11H2,1-5H3. The second-order valence-electron chi connectivity index (χ2n) is 7.18. The van der Waals surface area contributed by atoms with E-state index in [-0.39, 0.29) is 0 Å². The fourth-order valence-electron chi connectivity index (χ4n) is 5.03. The molecule has 1 spiro atoms. The van der Waals surface area contributed by atoms with Crippen LogP contribution in [0, 0.1) is 22.2 Å². The summed E-state index contributed by atoms with van der Waals surface area (Å²) in [4.78, 5) is 0. The molecular formula is C15H29NO. The van der Waals surface area contributed by atoms with E-state index < -0.39 is 0 Å². The Morgan fingerprint density at radius 2 is 1.88 bits per heavy atom. The topological polar surface area (TPSA) is 21.3 Å². The predicted molar refractivity (Wildman–Crippen MR) is 72.1 cm³/mol. The van der Waals surface area contributed by atoms with Crippen LogP contribution < -0.4 is 5.32 Å². The Hall–Kier alpha value is -0.0800. The molecule has 0 radical (unpaired) electrons. The summed E-state index contributed by atoms with van der Waals surface area (Å²) in [6, 6.07) is 0. The molecule has 0 saturated heterocycles. The minimum absolute atomic E-state index is 0.521. The van der Waals surface area contributed by atoms with Crippen LogP contribution in [0.3, 0.4) is 0 Å². The fraction of sp³-hybridized carbons (Fsp3) is 1.00. The molecule has 2 rings (SSSR count). The van der Waals surface area contributed by atoms with Crippen LogP contribution in [0.25, 0.3) is 0 Å². The minimum Gasteiger partial charge on any atom is -0.383 e. The van der Waals surface area contributed by atoms with E-state index in [1.165, 1.54) is 25.8 Å². The van der Waals surface area contributed by atoms with Gasteiger partial charge in [-0.1, -0.05) is 34.1 Å². The van der Waals surface area contributed by atoms with Gasteiger partial charge in [0.05, 0.1) is 6.61 Å². The van der Waals surface area contributed by atoms with Gasteiger partial charge in [0, 0.05) is 13.7 Å². The maximum atomic E-state index is 5.09. The molecule has 0 bridgehead atoms. The van der Waals surface area contributed by atoms with Crippen molar-refractivity contribution in [3.05, 3.63) is 0 Å². The molecule has 2 nitrogen and oxygen atoms in total. The quantitative estimate of drug-likeness (QED) is 0.745. The third kappa shape index (κ3) is 1.76. The van der Waals surface area contributed by atoms with Crippen LogP contribution in [0.4, 0.5) is 0 Å². The molecule has 0 aromatic carbocycles. The number of ether oxygens (including phenoxy) is 1. The molecule has 2 aliphatic rings. The number of hydrogen-bond acceptors (Lipinski definition) is 2. The highest BCUT2D eigenvalue weighted by Crippen LogP contribution is 2.81. The Balaban J connectivity index is 1.96. The fourth-order valence-corrected chi connectivity index (χ4v) is 5.03. The van der Waals surface area contributed by atoms with Gasteiger partial charge < -0.3 is 10.1 Å². The van der Waals surface area contributed by atoms with Crippen LogP contribution in [0.5, 0.6) is 0 Å². The number of hydrogen-bond donors (Lipinski definition) is 1. The Morgan fingerprint density at radius 3 is 2.41 bits per heavy atom. The lowest BCUT2D eigenvalue weighted by molar-refractivity contribution is 0.175. The molecule has 2 saturated carbocycles. The first-order valence-corrected chi connectivity index (χ1v) is 7.10. The molecular weight excluding hydrogens is 210 g/mol. The van der Waals surface area contributed by atoms with Gasteiger partial charge in [0.15, 0.2) is 0 Å². The number of rotatable bonds is 5. The summed E-state index contributed by atoms with van der Waals surface area (Å²) in [7, 11) is 1.77. The first-order chi connectivity index (χ1) is 7.90. The van der Waals surface area contributed by atoms with E-state index in [1.807, 2.05) is 0 Å². The summed E-state index contributed by atoms with van der Waals surface area (Å²) in [6.07, 6.45) is 4.26. The third-order valence-corrected chi connectivity index (χ3v) is 5.94. The van der Waals surface area contributed by atoms with Crippen molar-refractivity contribution in [2.24, 2.45) is 22.2 Å². The molecule has 2 aliphatic carbocycles. The smallest absolute Gasteiger partial charge is 0.0587 e. The summed E-state index contributed by atoms with van der Waals surface area (Å²) in [5.74, 6) is 0.851. The van der Waals surface area contributed by atoms with Crippen LogP contribution in [0.1, 0.15) is 47.0 Å². The van der Waals surface area contributed by atoms with Crippen molar-refractivity contribution in [1.29, 1.82) is 0 Å².